The zero-order chi connectivity index (χ0) is 40.5. The molecule has 3 heterocycles. The van der Waals surface area contributed by atoms with E-state index in [4.69, 9.17) is 20.6 Å². The summed E-state index contributed by atoms with van der Waals surface area (Å²) in [4.78, 5) is 28.8. The quantitative estimate of drug-likeness (QED) is 0.258. The van der Waals surface area contributed by atoms with Crippen molar-refractivity contribution in [1.82, 2.24) is 24.5 Å². The van der Waals surface area contributed by atoms with Crippen LogP contribution in [-0.4, -0.2) is 30.4 Å². The summed E-state index contributed by atoms with van der Waals surface area (Å²) in [7, 11) is 0. The smallest absolute Gasteiger partial charge is 0.324 e. The maximum Gasteiger partial charge on any atom is 0.416 e. The number of alkyl halides is 3. The van der Waals surface area contributed by atoms with Gasteiger partial charge in [0.25, 0.3) is 5.91 Å². The SMILES string of the molecule is [2H]c1nc([2H])c(-c2ccnc(Nc3c([2H])c(C(=O)Nc4c([2H])c(-n5c([2H])nc(C([2H])([2H])[2H])c5[2H])c([2H])c(C(F)(F)F)c4[2H])c([2H])c([2H])c3C)n2)c([2H])c1[2H]. The number of hydrogen-bond acceptors (Lipinski definition) is 6. The fourth-order valence-electron chi connectivity index (χ4n) is 3.04. The number of imidazole rings is 1. The number of nitrogens with zero attached hydrogens (tertiary/aromatic N) is 5. The van der Waals surface area contributed by atoms with Crippen LogP contribution in [0.25, 0.3) is 16.9 Å². The molecule has 0 aliphatic carbocycles. The van der Waals surface area contributed by atoms with E-state index in [0.717, 1.165) is 6.20 Å². The third-order valence-electron chi connectivity index (χ3n) is 4.80. The summed E-state index contributed by atoms with van der Waals surface area (Å²) in [6, 6.07) is -6.83. The molecule has 0 atom stereocenters. The van der Waals surface area contributed by atoms with Crippen molar-refractivity contribution >= 4 is 23.2 Å². The molecule has 11 heteroatoms. The Bertz CT molecular complexity index is 2400. The largest absolute Gasteiger partial charge is 0.416 e. The van der Waals surface area contributed by atoms with E-state index in [1.807, 2.05) is 5.32 Å². The number of rotatable bonds is 6. The number of carbonyl (C=O) groups excluding carboxylic acids is 1. The molecular weight excluding hydrogens is 507 g/mol. The molecule has 0 bridgehead atoms. The number of aryl methyl sites for hydroxylation is 1. The predicted octanol–water partition coefficient (Wildman–Crippen LogP) is 6.36. The second-order valence-corrected chi connectivity index (χ2v) is 7.53. The predicted molar refractivity (Wildman–Crippen MR) is 141 cm³/mol. The fourth-order valence-corrected chi connectivity index (χ4v) is 3.04. The molecule has 5 rings (SSSR count). The Morgan fingerprint density at radius 1 is 1.13 bits per heavy atom. The van der Waals surface area contributed by atoms with Gasteiger partial charge in [-0.05, 0) is 67.7 Å². The summed E-state index contributed by atoms with van der Waals surface area (Å²) in [6.07, 6.45) is -7.87. The molecule has 3 aromatic heterocycles. The molecule has 0 fully saturated rings. The Morgan fingerprint density at radius 2 is 2.00 bits per heavy atom. The fraction of sp³-hybridized carbons (Fsp3) is 0.107. The van der Waals surface area contributed by atoms with Crippen molar-refractivity contribution in [3.8, 4) is 16.9 Å². The van der Waals surface area contributed by atoms with E-state index < -0.39 is 120 Å². The number of amides is 1. The van der Waals surface area contributed by atoms with Crippen LogP contribution >= 0.6 is 0 Å². The number of benzene rings is 2. The van der Waals surface area contributed by atoms with Gasteiger partial charge in [-0.2, -0.15) is 13.2 Å². The third-order valence-corrected chi connectivity index (χ3v) is 4.80. The van der Waals surface area contributed by atoms with Gasteiger partial charge in [-0.3, -0.25) is 9.78 Å². The monoisotopic (exact) mass is 544 g/mol. The minimum atomic E-state index is -5.51. The van der Waals surface area contributed by atoms with Crippen LogP contribution in [0.15, 0.2) is 85.4 Å². The lowest BCUT2D eigenvalue weighted by molar-refractivity contribution is -0.137. The van der Waals surface area contributed by atoms with Gasteiger partial charge in [-0.1, -0.05) is 6.04 Å². The normalized spacial score (nSPS) is 17.1. The topological polar surface area (TPSA) is 97.6 Å². The molecular formula is C28H22F3N7O. The van der Waals surface area contributed by atoms with Gasteiger partial charge in [-0.15, -0.1) is 0 Å². The molecule has 0 spiro atoms. The molecule has 2 N–H and O–H groups in total. The highest BCUT2D eigenvalue weighted by atomic mass is 19.4. The summed E-state index contributed by atoms with van der Waals surface area (Å²) in [5, 5.41) is 4.46. The van der Waals surface area contributed by atoms with E-state index in [1.165, 1.54) is 13.0 Å². The first-order chi connectivity index (χ1) is 24.9. The van der Waals surface area contributed by atoms with Crippen LogP contribution in [0.2, 0.25) is 0 Å². The van der Waals surface area contributed by atoms with E-state index in [2.05, 4.69) is 25.3 Å². The Balaban J connectivity index is 1.65. The van der Waals surface area contributed by atoms with Crippen molar-refractivity contribution in [3.05, 3.63) is 108 Å². The Morgan fingerprint density at radius 3 is 2.79 bits per heavy atom. The summed E-state index contributed by atoms with van der Waals surface area (Å²) in [5.74, 6) is -1.93. The van der Waals surface area contributed by atoms with Gasteiger partial charge in [0.2, 0.25) is 5.95 Å². The van der Waals surface area contributed by atoms with Crippen LogP contribution in [-0.2, 0) is 6.18 Å². The number of halogens is 3. The molecule has 0 saturated heterocycles. The maximum absolute atomic E-state index is 14.3. The van der Waals surface area contributed by atoms with Crippen LogP contribution in [0.1, 0.15) is 47.7 Å². The van der Waals surface area contributed by atoms with Crippen molar-refractivity contribution in [2.75, 3.05) is 10.6 Å². The van der Waals surface area contributed by atoms with E-state index in [1.54, 1.807) is 0 Å². The lowest BCUT2D eigenvalue weighted by Gasteiger charge is -2.14. The first kappa shape index (κ1) is 13.1. The number of nitrogens with one attached hydrogen (secondary N) is 2. The first-order valence-electron chi connectivity index (χ1n) is 18.1. The average molecular weight is 545 g/mol. The van der Waals surface area contributed by atoms with Crippen molar-refractivity contribution in [2.24, 2.45) is 0 Å². The Hall–Kier alpha value is -5.06. The minimum Gasteiger partial charge on any atom is -0.324 e. The van der Waals surface area contributed by atoms with Crippen molar-refractivity contribution in [1.29, 1.82) is 0 Å². The Kier molecular flexibility index (Phi) is 3.49. The van der Waals surface area contributed by atoms with Crippen LogP contribution < -0.4 is 10.6 Å². The molecule has 0 aliphatic rings. The standard InChI is InChI=1S/C28H22F3N7O/c1-17-5-6-19(10-25(17)37-27-33-9-7-24(36-27)20-4-3-8-32-14-20)26(39)35-22-11-21(28(29,30)31)12-23(13-22)38-15-18(2)34-16-38/h3-16H,1-2H3,(H,35,39)(H,33,36,37)/i2D3,3D,4D,5D,6D,8D,10D,11D,12D,13D,14D,15D,16D. The summed E-state index contributed by atoms with van der Waals surface area (Å²) in [6.45, 7) is -1.87. The molecule has 0 unspecified atom stereocenters. The van der Waals surface area contributed by atoms with Gasteiger partial charge in [0.15, 0.2) is 0 Å². The van der Waals surface area contributed by atoms with E-state index in [-0.39, 0.29) is 33.0 Å². The van der Waals surface area contributed by atoms with Gasteiger partial charge in [0.05, 0.1) is 38.3 Å². The lowest BCUT2D eigenvalue weighted by atomic mass is 10.1. The van der Waals surface area contributed by atoms with Gasteiger partial charge >= 0.3 is 6.18 Å². The average Bonchev–Trinajstić information content (AvgIpc) is 3.36. The van der Waals surface area contributed by atoms with Crippen LogP contribution in [0.5, 0.6) is 0 Å². The van der Waals surface area contributed by atoms with Gasteiger partial charge in [0.1, 0.15) is 1.37 Å². The van der Waals surface area contributed by atoms with Crippen molar-refractivity contribution < 1.29 is 38.5 Å². The molecule has 0 aliphatic heterocycles. The van der Waals surface area contributed by atoms with Crippen LogP contribution in [0.4, 0.5) is 30.5 Å². The Labute approximate surface area is 242 Å². The summed E-state index contributed by atoms with van der Waals surface area (Å²) >= 11 is 0. The molecule has 1 amide bonds. The van der Waals surface area contributed by atoms with Crippen molar-refractivity contribution in [3.63, 3.8) is 0 Å². The number of pyridine rings is 1. The van der Waals surface area contributed by atoms with Crippen LogP contribution in [0.3, 0.4) is 0 Å². The molecule has 196 valence electrons. The van der Waals surface area contributed by atoms with E-state index >= 15 is 0 Å². The zero-order valence-electron chi connectivity index (χ0n) is 34.4. The summed E-state index contributed by atoms with van der Waals surface area (Å²) < 4.78 is 164. The molecule has 5 aromatic rings. The van der Waals surface area contributed by atoms with Crippen molar-refractivity contribution in [2.45, 2.75) is 20.0 Å². The second kappa shape index (κ2) is 10.4. The number of aromatic nitrogens is 5. The molecule has 0 radical (unpaired) electrons. The maximum atomic E-state index is 14.3. The highest BCUT2D eigenvalue weighted by Gasteiger charge is 2.31. The van der Waals surface area contributed by atoms with Crippen LogP contribution in [0, 0.1) is 13.8 Å². The highest BCUT2D eigenvalue weighted by Crippen LogP contribution is 2.33. The lowest BCUT2D eigenvalue weighted by Crippen LogP contribution is -2.14. The van der Waals surface area contributed by atoms with Gasteiger partial charge < -0.3 is 15.2 Å². The van der Waals surface area contributed by atoms with E-state index in [0.29, 0.717) is 0 Å². The van der Waals surface area contributed by atoms with Gasteiger partial charge in [-0.25, -0.2) is 15.0 Å². The number of carbonyl (C=O) groups is 1. The second-order valence-electron chi connectivity index (χ2n) is 7.53. The highest BCUT2D eigenvalue weighted by molar-refractivity contribution is 6.05. The number of hydrogen-bond donors (Lipinski definition) is 2. The first-order valence-corrected chi connectivity index (χ1v) is 10.6. The third kappa shape index (κ3) is 5.93. The summed E-state index contributed by atoms with van der Waals surface area (Å²) in [5.41, 5.74) is -7.42. The van der Waals surface area contributed by atoms with E-state index in [9.17, 15) is 18.0 Å². The molecule has 2 aromatic carbocycles. The zero-order valence-corrected chi connectivity index (χ0v) is 19.4. The molecule has 39 heavy (non-hydrogen) atoms. The van der Waals surface area contributed by atoms with Gasteiger partial charge in [0, 0.05) is 57.0 Å². The minimum absolute atomic E-state index is 0.120. The number of anilines is 3. The molecule has 0 saturated carbocycles. The molecule has 8 nitrogen and oxygen atoms in total.